The van der Waals surface area contributed by atoms with E-state index in [1.807, 2.05) is 18.2 Å². The van der Waals surface area contributed by atoms with Crippen LogP contribution >= 0.6 is 0 Å². The first-order valence-electron chi connectivity index (χ1n) is 8.92. The summed E-state index contributed by atoms with van der Waals surface area (Å²) < 4.78 is 5.15. The number of fused-ring (bicyclic) bond motifs is 1. The van der Waals surface area contributed by atoms with Gasteiger partial charge in [-0.1, -0.05) is 6.07 Å². The van der Waals surface area contributed by atoms with E-state index in [1.54, 1.807) is 6.07 Å². The molecule has 26 heavy (non-hydrogen) atoms. The summed E-state index contributed by atoms with van der Waals surface area (Å²) in [7, 11) is 0. The average Bonchev–Trinajstić information content (AvgIpc) is 3.46. The van der Waals surface area contributed by atoms with E-state index in [0.29, 0.717) is 18.0 Å². The highest BCUT2D eigenvalue weighted by Gasteiger charge is 2.43. The standard InChI is InChI=1S/C19H23NO6/c21-8-15-17(23)18(24)16(19(25)26-15)20-12-4-3-10-6-13(9-1-2-9)14(22)7-11(10)5-12/h3-6,9,15-21,23-25H,1-2,7-8H2/t15?,16?,17-,18-,19?/m1/s1. The molecule has 1 saturated heterocycles. The van der Waals surface area contributed by atoms with Gasteiger partial charge in [0.05, 0.1) is 6.61 Å². The summed E-state index contributed by atoms with van der Waals surface area (Å²) in [6.07, 6.45) is -0.573. The Hall–Kier alpha value is -1.77. The zero-order valence-corrected chi connectivity index (χ0v) is 14.2. The predicted octanol–water partition coefficient (Wildman–Crippen LogP) is -0.183. The van der Waals surface area contributed by atoms with Gasteiger partial charge in [-0.25, -0.2) is 0 Å². The van der Waals surface area contributed by atoms with Gasteiger partial charge in [0.1, 0.15) is 24.4 Å². The van der Waals surface area contributed by atoms with Crippen molar-refractivity contribution in [3.05, 3.63) is 34.9 Å². The minimum Gasteiger partial charge on any atom is -0.394 e. The number of allylic oxidation sites excluding steroid dienone is 1. The van der Waals surface area contributed by atoms with Crippen molar-refractivity contribution in [2.45, 2.75) is 49.9 Å². The molecule has 3 aliphatic rings. The summed E-state index contributed by atoms with van der Waals surface area (Å²) >= 11 is 0. The van der Waals surface area contributed by atoms with Gasteiger partial charge in [0, 0.05) is 12.1 Å². The average molecular weight is 361 g/mol. The Kier molecular flexibility index (Phi) is 4.58. The summed E-state index contributed by atoms with van der Waals surface area (Å²) in [5.41, 5.74) is 3.43. The Morgan fingerprint density at radius 2 is 1.92 bits per heavy atom. The zero-order valence-electron chi connectivity index (χ0n) is 14.2. The maximum atomic E-state index is 12.3. The lowest BCUT2D eigenvalue weighted by molar-refractivity contribution is -0.245. The minimum atomic E-state index is -1.38. The molecule has 1 heterocycles. The van der Waals surface area contributed by atoms with Gasteiger partial charge in [0.15, 0.2) is 12.1 Å². The number of hydrogen-bond donors (Lipinski definition) is 5. The minimum absolute atomic E-state index is 0.152. The maximum absolute atomic E-state index is 12.3. The van der Waals surface area contributed by atoms with Crippen LogP contribution < -0.4 is 5.32 Å². The van der Waals surface area contributed by atoms with Crippen LogP contribution in [0.4, 0.5) is 5.69 Å². The molecule has 4 rings (SSSR count). The number of ether oxygens (including phenoxy) is 1. The van der Waals surface area contributed by atoms with Crippen molar-refractivity contribution in [3.63, 3.8) is 0 Å². The molecular weight excluding hydrogens is 338 g/mol. The number of hydrogen-bond acceptors (Lipinski definition) is 7. The maximum Gasteiger partial charge on any atom is 0.178 e. The molecule has 7 heteroatoms. The smallest absolute Gasteiger partial charge is 0.178 e. The van der Waals surface area contributed by atoms with Gasteiger partial charge < -0.3 is 30.5 Å². The quantitative estimate of drug-likeness (QED) is 0.505. The van der Waals surface area contributed by atoms with Gasteiger partial charge in [0.25, 0.3) is 0 Å². The van der Waals surface area contributed by atoms with E-state index >= 15 is 0 Å². The van der Waals surface area contributed by atoms with E-state index in [1.165, 1.54) is 0 Å². The van der Waals surface area contributed by atoms with E-state index in [4.69, 9.17) is 9.84 Å². The number of aliphatic hydroxyl groups excluding tert-OH is 4. The normalized spacial score (nSPS) is 34.2. The van der Waals surface area contributed by atoms with Gasteiger partial charge in [0.2, 0.25) is 0 Å². The molecule has 7 nitrogen and oxygen atoms in total. The van der Waals surface area contributed by atoms with Crippen LogP contribution in [0.25, 0.3) is 6.08 Å². The Labute approximate surface area is 150 Å². The lowest BCUT2D eigenvalue weighted by Gasteiger charge is -2.40. The summed E-state index contributed by atoms with van der Waals surface area (Å²) in [5, 5.41) is 42.4. The van der Waals surface area contributed by atoms with E-state index < -0.39 is 37.3 Å². The van der Waals surface area contributed by atoms with E-state index in [2.05, 4.69) is 5.32 Å². The van der Waals surface area contributed by atoms with Crippen LogP contribution in [0, 0.1) is 5.92 Å². The van der Waals surface area contributed by atoms with Crippen LogP contribution in [0.2, 0.25) is 0 Å². The number of anilines is 1. The lowest BCUT2D eigenvalue weighted by atomic mass is 9.88. The van der Waals surface area contributed by atoms with Gasteiger partial charge in [-0.3, -0.25) is 4.79 Å². The van der Waals surface area contributed by atoms with Crippen molar-refractivity contribution in [1.82, 2.24) is 0 Å². The van der Waals surface area contributed by atoms with Crippen molar-refractivity contribution in [2.24, 2.45) is 5.92 Å². The predicted molar refractivity (Wildman–Crippen MR) is 93.2 cm³/mol. The van der Waals surface area contributed by atoms with Gasteiger partial charge >= 0.3 is 0 Å². The molecule has 0 aromatic heterocycles. The summed E-state index contributed by atoms with van der Waals surface area (Å²) in [4.78, 5) is 12.3. The number of aliphatic hydroxyl groups is 4. The first-order valence-corrected chi connectivity index (χ1v) is 8.92. The molecule has 1 aliphatic heterocycles. The fourth-order valence-electron chi connectivity index (χ4n) is 3.70. The molecule has 5 atom stereocenters. The Bertz CT molecular complexity index is 744. The Balaban J connectivity index is 1.53. The van der Waals surface area contributed by atoms with E-state index in [9.17, 15) is 20.1 Å². The fourth-order valence-corrected chi connectivity index (χ4v) is 3.70. The summed E-state index contributed by atoms with van der Waals surface area (Å²) in [6, 6.07) is 4.57. The Morgan fingerprint density at radius 1 is 1.15 bits per heavy atom. The largest absolute Gasteiger partial charge is 0.394 e. The molecular formula is C19H23NO6. The van der Waals surface area contributed by atoms with Crippen LogP contribution in [0.1, 0.15) is 24.0 Å². The van der Waals surface area contributed by atoms with Crippen molar-refractivity contribution in [3.8, 4) is 0 Å². The van der Waals surface area contributed by atoms with Crippen molar-refractivity contribution >= 4 is 17.5 Å². The molecule has 0 bridgehead atoms. The zero-order chi connectivity index (χ0) is 18.4. The van der Waals surface area contributed by atoms with Crippen molar-refractivity contribution < 1.29 is 30.0 Å². The highest BCUT2D eigenvalue weighted by atomic mass is 16.6. The molecule has 3 unspecified atom stereocenters. The molecule has 140 valence electrons. The van der Waals surface area contributed by atoms with Gasteiger partial charge in [-0.15, -0.1) is 0 Å². The second-order valence-corrected chi connectivity index (χ2v) is 7.29. The Morgan fingerprint density at radius 3 is 2.62 bits per heavy atom. The molecule has 0 radical (unpaired) electrons. The van der Waals surface area contributed by atoms with E-state index in [-0.39, 0.29) is 5.78 Å². The number of benzene rings is 1. The number of carbonyl (C=O) groups excluding carboxylic acids is 1. The highest BCUT2D eigenvalue weighted by Crippen LogP contribution is 2.40. The first-order chi connectivity index (χ1) is 12.5. The van der Waals surface area contributed by atoms with Crippen LogP contribution in [0.15, 0.2) is 23.8 Å². The van der Waals surface area contributed by atoms with Gasteiger partial charge in [-0.05, 0) is 53.7 Å². The van der Waals surface area contributed by atoms with Crippen LogP contribution in [-0.4, -0.2) is 63.5 Å². The topological polar surface area (TPSA) is 119 Å². The summed E-state index contributed by atoms with van der Waals surface area (Å²) in [5.74, 6) is 0.568. The molecule has 5 N–H and O–H groups in total. The molecule has 2 fully saturated rings. The van der Waals surface area contributed by atoms with Crippen LogP contribution in [0.3, 0.4) is 0 Å². The van der Waals surface area contributed by atoms with Crippen molar-refractivity contribution in [1.29, 1.82) is 0 Å². The molecule has 1 aromatic rings. The molecule has 0 spiro atoms. The van der Waals surface area contributed by atoms with Crippen LogP contribution in [-0.2, 0) is 16.0 Å². The number of ketones is 1. The number of Topliss-reactive ketones (excluding diaryl/α,β-unsaturated/α-hetero) is 1. The second kappa shape index (κ2) is 6.75. The molecule has 1 aromatic carbocycles. The summed E-state index contributed by atoms with van der Waals surface area (Å²) in [6.45, 7) is -0.501. The number of carbonyl (C=O) groups is 1. The van der Waals surface area contributed by atoms with Crippen molar-refractivity contribution in [2.75, 3.05) is 11.9 Å². The number of rotatable bonds is 4. The third kappa shape index (κ3) is 3.17. The first kappa shape index (κ1) is 17.6. The monoisotopic (exact) mass is 361 g/mol. The van der Waals surface area contributed by atoms with E-state index in [0.717, 1.165) is 29.5 Å². The lowest BCUT2D eigenvalue weighted by Crippen LogP contribution is -2.61. The second-order valence-electron chi connectivity index (χ2n) is 7.29. The fraction of sp³-hybridized carbons (Fsp3) is 0.526. The third-order valence-electron chi connectivity index (χ3n) is 5.38. The third-order valence-corrected chi connectivity index (χ3v) is 5.38. The SMILES string of the molecule is O=C1Cc2cc(NC3C(O)OC(CO)[C@@H](O)[C@@H]3O)ccc2C=C1C1CC1. The van der Waals surface area contributed by atoms with Gasteiger partial charge in [-0.2, -0.15) is 0 Å². The molecule has 0 amide bonds. The van der Waals surface area contributed by atoms with Crippen LogP contribution in [0.5, 0.6) is 0 Å². The highest BCUT2D eigenvalue weighted by molar-refractivity contribution is 6.04. The number of nitrogens with one attached hydrogen (secondary N) is 1. The molecule has 1 saturated carbocycles. The molecule has 2 aliphatic carbocycles.